The van der Waals surface area contributed by atoms with E-state index < -0.39 is 5.97 Å². The molecular formula is C13H17NO4. The standard InChI is InChI=1S/C13H17NO4/c15-12(11-6-3-7-18-11)14-8-9-4-1-2-5-10(9)13(16)17/h3,6-7,9-10H,1-2,4-5,8H2,(H,14,15)(H,16,17)/t9-,10-/m0/s1. The number of carboxylic acid groups (broad SMARTS) is 1. The molecule has 5 heteroatoms. The Labute approximate surface area is 105 Å². The van der Waals surface area contributed by atoms with Crippen LogP contribution in [0.1, 0.15) is 36.2 Å². The molecule has 1 heterocycles. The highest BCUT2D eigenvalue weighted by Crippen LogP contribution is 2.29. The number of carboxylic acids is 1. The van der Waals surface area contributed by atoms with Crippen LogP contribution in [-0.4, -0.2) is 23.5 Å². The summed E-state index contributed by atoms with van der Waals surface area (Å²) in [5.74, 6) is -1.09. The molecule has 1 aliphatic rings. The van der Waals surface area contributed by atoms with Crippen molar-refractivity contribution in [3.63, 3.8) is 0 Å². The van der Waals surface area contributed by atoms with Gasteiger partial charge >= 0.3 is 5.97 Å². The first-order chi connectivity index (χ1) is 8.68. The molecule has 0 saturated heterocycles. The minimum atomic E-state index is -0.757. The summed E-state index contributed by atoms with van der Waals surface area (Å²) in [6, 6.07) is 3.24. The zero-order chi connectivity index (χ0) is 13.0. The molecule has 1 aromatic rings. The number of rotatable bonds is 4. The Hall–Kier alpha value is -1.78. The molecule has 0 bridgehead atoms. The van der Waals surface area contributed by atoms with Crippen molar-refractivity contribution in [1.82, 2.24) is 5.32 Å². The summed E-state index contributed by atoms with van der Waals surface area (Å²) < 4.78 is 4.98. The molecule has 5 nitrogen and oxygen atoms in total. The van der Waals surface area contributed by atoms with Gasteiger partial charge in [0.25, 0.3) is 5.91 Å². The van der Waals surface area contributed by atoms with Gasteiger partial charge in [0.05, 0.1) is 12.2 Å². The highest BCUT2D eigenvalue weighted by atomic mass is 16.4. The van der Waals surface area contributed by atoms with E-state index in [9.17, 15) is 9.59 Å². The molecule has 0 radical (unpaired) electrons. The molecule has 2 rings (SSSR count). The van der Waals surface area contributed by atoms with Gasteiger partial charge in [0, 0.05) is 6.54 Å². The second-order valence-electron chi connectivity index (χ2n) is 4.68. The lowest BCUT2D eigenvalue weighted by atomic mass is 9.79. The van der Waals surface area contributed by atoms with Crippen molar-refractivity contribution in [2.75, 3.05) is 6.54 Å². The molecular weight excluding hydrogens is 234 g/mol. The van der Waals surface area contributed by atoms with E-state index in [1.807, 2.05) is 0 Å². The van der Waals surface area contributed by atoms with Crippen LogP contribution < -0.4 is 5.32 Å². The maximum absolute atomic E-state index is 11.7. The number of carbonyl (C=O) groups is 2. The maximum Gasteiger partial charge on any atom is 0.306 e. The number of hydrogen-bond donors (Lipinski definition) is 2. The highest BCUT2D eigenvalue weighted by molar-refractivity contribution is 5.91. The summed E-state index contributed by atoms with van der Waals surface area (Å²) >= 11 is 0. The second kappa shape index (κ2) is 5.71. The van der Waals surface area contributed by atoms with Gasteiger partial charge in [-0.3, -0.25) is 9.59 Å². The molecule has 18 heavy (non-hydrogen) atoms. The van der Waals surface area contributed by atoms with Gasteiger partial charge in [-0.2, -0.15) is 0 Å². The van der Waals surface area contributed by atoms with E-state index in [0.29, 0.717) is 13.0 Å². The van der Waals surface area contributed by atoms with Crippen LogP contribution >= 0.6 is 0 Å². The fourth-order valence-electron chi connectivity index (χ4n) is 2.50. The molecule has 98 valence electrons. The molecule has 0 aromatic carbocycles. The van der Waals surface area contributed by atoms with Crippen LogP contribution in [0.2, 0.25) is 0 Å². The lowest BCUT2D eigenvalue weighted by molar-refractivity contribution is -0.144. The van der Waals surface area contributed by atoms with Gasteiger partial charge < -0.3 is 14.8 Å². The molecule has 0 unspecified atom stereocenters. The third-order valence-electron chi connectivity index (χ3n) is 3.50. The quantitative estimate of drug-likeness (QED) is 0.856. The fourth-order valence-corrected chi connectivity index (χ4v) is 2.50. The van der Waals surface area contributed by atoms with Gasteiger partial charge in [-0.05, 0) is 30.9 Å². The minimum absolute atomic E-state index is 0.0233. The van der Waals surface area contributed by atoms with Crippen molar-refractivity contribution in [1.29, 1.82) is 0 Å². The van der Waals surface area contributed by atoms with Crippen molar-refractivity contribution in [2.45, 2.75) is 25.7 Å². The maximum atomic E-state index is 11.7. The van der Waals surface area contributed by atoms with Crippen molar-refractivity contribution in [3.05, 3.63) is 24.2 Å². The van der Waals surface area contributed by atoms with Crippen molar-refractivity contribution in [3.8, 4) is 0 Å². The Morgan fingerprint density at radius 3 is 2.83 bits per heavy atom. The highest BCUT2D eigenvalue weighted by Gasteiger charge is 2.30. The number of hydrogen-bond acceptors (Lipinski definition) is 3. The van der Waals surface area contributed by atoms with Gasteiger partial charge in [-0.1, -0.05) is 12.8 Å². The summed E-state index contributed by atoms with van der Waals surface area (Å²) in [4.78, 5) is 22.8. The molecule has 1 amide bonds. The summed E-state index contributed by atoms with van der Waals surface area (Å²) in [5.41, 5.74) is 0. The van der Waals surface area contributed by atoms with Crippen LogP contribution in [0.4, 0.5) is 0 Å². The Balaban J connectivity index is 1.88. The number of nitrogens with one attached hydrogen (secondary N) is 1. The molecule has 0 aliphatic heterocycles. The Morgan fingerprint density at radius 2 is 2.17 bits per heavy atom. The lowest BCUT2D eigenvalue weighted by Crippen LogP contribution is -2.37. The van der Waals surface area contributed by atoms with E-state index in [4.69, 9.17) is 9.52 Å². The van der Waals surface area contributed by atoms with Gasteiger partial charge in [0.2, 0.25) is 0 Å². The number of furan rings is 1. The first kappa shape index (κ1) is 12.7. The van der Waals surface area contributed by atoms with Gasteiger partial charge in [-0.15, -0.1) is 0 Å². The molecule has 0 spiro atoms. The smallest absolute Gasteiger partial charge is 0.306 e. The third kappa shape index (κ3) is 2.91. The number of amides is 1. The fraction of sp³-hybridized carbons (Fsp3) is 0.538. The van der Waals surface area contributed by atoms with Crippen LogP contribution in [0.5, 0.6) is 0 Å². The molecule has 1 fully saturated rings. The van der Waals surface area contributed by atoms with Crippen molar-refractivity contribution < 1.29 is 19.1 Å². The number of aliphatic carboxylic acids is 1. The lowest BCUT2D eigenvalue weighted by Gasteiger charge is -2.28. The zero-order valence-electron chi connectivity index (χ0n) is 10.1. The molecule has 2 atom stereocenters. The Morgan fingerprint density at radius 1 is 1.39 bits per heavy atom. The first-order valence-corrected chi connectivity index (χ1v) is 6.23. The van der Waals surface area contributed by atoms with Crippen LogP contribution in [0.15, 0.2) is 22.8 Å². The molecule has 1 aliphatic carbocycles. The predicted octanol–water partition coefficient (Wildman–Crippen LogP) is 1.90. The normalized spacial score (nSPS) is 23.6. The summed E-state index contributed by atoms with van der Waals surface area (Å²) in [5, 5.41) is 11.9. The Kier molecular flexibility index (Phi) is 4.02. The van der Waals surface area contributed by atoms with Gasteiger partial charge in [-0.25, -0.2) is 0 Å². The second-order valence-corrected chi connectivity index (χ2v) is 4.68. The molecule has 1 saturated carbocycles. The van der Waals surface area contributed by atoms with Crippen LogP contribution in [0.3, 0.4) is 0 Å². The Bertz CT molecular complexity index is 413. The topological polar surface area (TPSA) is 79.5 Å². The minimum Gasteiger partial charge on any atom is -0.481 e. The van der Waals surface area contributed by atoms with E-state index in [1.165, 1.54) is 6.26 Å². The van der Waals surface area contributed by atoms with Crippen molar-refractivity contribution >= 4 is 11.9 Å². The van der Waals surface area contributed by atoms with E-state index >= 15 is 0 Å². The van der Waals surface area contributed by atoms with Gasteiger partial charge in [0.15, 0.2) is 5.76 Å². The van der Waals surface area contributed by atoms with Gasteiger partial charge in [0.1, 0.15) is 0 Å². The van der Waals surface area contributed by atoms with Crippen LogP contribution in [-0.2, 0) is 4.79 Å². The summed E-state index contributed by atoms with van der Waals surface area (Å²) in [6.07, 6.45) is 4.99. The SMILES string of the molecule is O=C(NC[C@@H]1CCCC[C@@H]1C(=O)O)c1ccco1. The third-order valence-corrected chi connectivity index (χ3v) is 3.50. The first-order valence-electron chi connectivity index (χ1n) is 6.23. The van der Waals surface area contributed by atoms with E-state index in [2.05, 4.69) is 5.32 Å². The number of carbonyl (C=O) groups excluding carboxylic acids is 1. The average Bonchev–Trinajstić information content (AvgIpc) is 2.90. The van der Waals surface area contributed by atoms with Crippen LogP contribution in [0.25, 0.3) is 0 Å². The monoisotopic (exact) mass is 251 g/mol. The molecule has 2 N–H and O–H groups in total. The summed E-state index contributed by atoms with van der Waals surface area (Å²) in [7, 11) is 0. The summed E-state index contributed by atoms with van der Waals surface area (Å²) in [6.45, 7) is 0.399. The van der Waals surface area contributed by atoms with E-state index in [-0.39, 0.29) is 23.5 Å². The van der Waals surface area contributed by atoms with Crippen molar-refractivity contribution in [2.24, 2.45) is 11.8 Å². The van der Waals surface area contributed by atoms with E-state index in [1.54, 1.807) is 12.1 Å². The van der Waals surface area contributed by atoms with Crippen LogP contribution in [0, 0.1) is 11.8 Å². The zero-order valence-corrected chi connectivity index (χ0v) is 10.1. The molecule has 1 aromatic heterocycles. The largest absolute Gasteiger partial charge is 0.481 e. The average molecular weight is 251 g/mol. The van der Waals surface area contributed by atoms with E-state index in [0.717, 1.165) is 19.3 Å². The predicted molar refractivity (Wildman–Crippen MR) is 64.1 cm³/mol.